The van der Waals surface area contributed by atoms with Crippen LogP contribution in [0.4, 0.5) is 24.8 Å². The van der Waals surface area contributed by atoms with Crippen LogP contribution >= 0.6 is 35.0 Å². The van der Waals surface area contributed by atoms with E-state index < -0.39 is 23.3 Å². The van der Waals surface area contributed by atoms with Gasteiger partial charge in [0, 0.05) is 28.3 Å². The number of anilines is 2. The Hall–Kier alpha value is -3.49. The Labute approximate surface area is 245 Å². The van der Waals surface area contributed by atoms with E-state index in [0.29, 0.717) is 33.4 Å². The molecule has 3 aromatic heterocycles. The molecule has 10 nitrogen and oxygen atoms in total. The van der Waals surface area contributed by atoms with Crippen molar-refractivity contribution in [2.45, 2.75) is 53.8 Å². The third-order valence-corrected chi connectivity index (χ3v) is 8.65. The summed E-state index contributed by atoms with van der Waals surface area (Å²) in [5.74, 6) is -1.39. The molecule has 218 valence electrons. The van der Waals surface area contributed by atoms with Crippen molar-refractivity contribution in [1.82, 2.24) is 25.4 Å². The van der Waals surface area contributed by atoms with Crippen LogP contribution in [0.15, 0.2) is 62.8 Å². The number of pyridine rings is 1. The van der Waals surface area contributed by atoms with Crippen molar-refractivity contribution in [3.05, 3.63) is 80.8 Å². The Morgan fingerprint density at radius 3 is 2.46 bits per heavy atom. The first-order valence-electron chi connectivity index (χ1n) is 12.1. The summed E-state index contributed by atoms with van der Waals surface area (Å²) in [5, 5.41) is 25.3. The van der Waals surface area contributed by atoms with E-state index in [2.05, 4.69) is 25.7 Å². The molecule has 0 atom stereocenters. The molecule has 1 saturated carbocycles. The Morgan fingerprint density at radius 2 is 1.85 bits per heavy atom. The summed E-state index contributed by atoms with van der Waals surface area (Å²) in [6, 6.07) is 13.4. The van der Waals surface area contributed by atoms with Gasteiger partial charge in [0.2, 0.25) is 5.89 Å². The molecule has 0 saturated heterocycles. The van der Waals surface area contributed by atoms with Gasteiger partial charge in [0.25, 0.3) is 0 Å². The summed E-state index contributed by atoms with van der Waals surface area (Å²) >= 11 is 14.3. The molecule has 3 heterocycles. The van der Waals surface area contributed by atoms with Crippen LogP contribution in [-0.4, -0.2) is 47.9 Å². The van der Waals surface area contributed by atoms with Crippen molar-refractivity contribution >= 4 is 52.6 Å². The number of H-pyrrole nitrogens is 2. The van der Waals surface area contributed by atoms with Crippen LogP contribution in [0.3, 0.4) is 0 Å². The average molecular weight is 631 g/mol. The van der Waals surface area contributed by atoms with Gasteiger partial charge >= 0.3 is 17.9 Å². The smallest absolute Gasteiger partial charge is 0.475 e. The number of carboxylic acid groups (broad SMARTS) is 1. The number of alkyl halides is 3. The van der Waals surface area contributed by atoms with Crippen molar-refractivity contribution in [2.24, 2.45) is 0 Å². The van der Waals surface area contributed by atoms with Crippen LogP contribution in [0.5, 0.6) is 0 Å². The van der Waals surface area contributed by atoms with Gasteiger partial charge in [-0.3, -0.25) is 5.10 Å². The second-order valence-corrected chi connectivity index (χ2v) is 11.3. The summed E-state index contributed by atoms with van der Waals surface area (Å²) in [5.41, 5.74) is 0.465. The molecule has 1 aromatic carbocycles. The van der Waals surface area contributed by atoms with E-state index >= 15 is 0 Å². The van der Waals surface area contributed by atoms with Crippen molar-refractivity contribution in [3.8, 4) is 0 Å². The molecule has 1 aliphatic carbocycles. The molecule has 1 fully saturated rings. The monoisotopic (exact) mass is 630 g/mol. The van der Waals surface area contributed by atoms with Gasteiger partial charge in [-0.2, -0.15) is 18.3 Å². The largest absolute Gasteiger partial charge is 0.490 e. The van der Waals surface area contributed by atoms with Gasteiger partial charge in [0.15, 0.2) is 0 Å². The molecule has 0 amide bonds. The van der Waals surface area contributed by atoms with Gasteiger partial charge in [-0.15, -0.1) is 16.9 Å². The Bertz CT molecular complexity index is 1520. The first-order chi connectivity index (χ1) is 19.4. The highest BCUT2D eigenvalue weighted by Crippen LogP contribution is 2.46. The lowest BCUT2D eigenvalue weighted by Gasteiger charge is -2.37. The van der Waals surface area contributed by atoms with E-state index in [-0.39, 0.29) is 0 Å². The van der Waals surface area contributed by atoms with Crippen LogP contribution in [0, 0.1) is 0 Å². The molecular weight excluding hydrogens is 608 g/mol. The number of aliphatic carboxylic acids is 1. The Morgan fingerprint density at radius 1 is 1.15 bits per heavy atom. The number of hydrogen-bond donors (Lipinski definition) is 4. The molecule has 1 aliphatic rings. The van der Waals surface area contributed by atoms with E-state index in [1.54, 1.807) is 24.0 Å². The number of nitrogens with zero attached hydrogens (tertiary/aromatic N) is 3. The maximum atomic E-state index is 11.8. The van der Waals surface area contributed by atoms with Crippen molar-refractivity contribution in [3.63, 3.8) is 0 Å². The summed E-state index contributed by atoms with van der Waals surface area (Å²) < 4.78 is 37.2. The molecule has 0 radical (unpaired) electrons. The zero-order valence-corrected chi connectivity index (χ0v) is 23.4. The molecule has 16 heteroatoms. The van der Waals surface area contributed by atoms with E-state index in [9.17, 15) is 18.0 Å². The standard InChI is InChI=1S/C23H22Cl2N6O2S.C2HF3O2/c24-16-4-2-5-17(20(16)25)34-15-7-10-23(11-8-15,21-30-31-22(32)33-21)13-14-3-1-6-18(27-14)28-19-9-12-26-29-19;3-2(4,5)1(6)7/h1-6,9,12,15H,7-8,10-11,13H2,(H,31,32)(H2,26,27,28,29);(H,6,7). The summed E-state index contributed by atoms with van der Waals surface area (Å²) in [6.07, 6.45) is 0.627. The van der Waals surface area contributed by atoms with Crippen LogP contribution in [-0.2, 0) is 16.6 Å². The van der Waals surface area contributed by atoms with Gasteiger partial charge in [0.05, 0.1) is 21.7 Å². The average Bonchev–Trinajstić information content (AvgIpc) is 3.60. The van der Waals surface area contributed by atoms with E-state index in [1.165, 1.54) is 0 Å². The van der Waals surface area contributed by atoms with Crippen molar-refractivity contribution in [1.29, 1.82) is 0 Å². The molecule has 41 heavy (non-hydrogen) atoms. The molecule has 0 aliphatic heterocycles. The summed E-state index contributed by atoms with van der Waals surface area (Å²) in [4.78, 5) is 26.4. The zero-order chi connectivity index (χ0) is 29.6. The van der Waals surface area contributed by atoms with Gasteiger partial charge in [-0.25, -0.2) is 19.7 Å². The molecule has 0 spiro atoms. The summed E-state index contributed by atoms with van der Waals surface area (Å²) in [7, 11) is 0. The highest BCUT2D eigenvalue weighted by molar-refractivity contribution is 8.00. The lowest BCUT2D eigenvalue weighted by molar-refractivity contribution is -0.192. The summed E-state index contributed by atoms with van der Waals surface area (Å²) in [6.45, 7) is 0. The Balaban J connectivity index is 0.000000493. The second kappa shape index (κ2) is 13.0. The van der Waals surface area contributed by atoms with Gasteiger partial charge in [0.1, 0.15) is 11.6 Å². The van der Waals surface area contributed by atoms with Crippen molar-refractivity contribution < 1.29 is 27.5 Å². The SMILES string of the molecule is O=C(O)C(F)(F)F.O=c1[nH]nc(C2(Cc3cccc(Nc4ccn[nH]4)n3)CCC(Sc3cccc(Cl)c3Cl)CC2)o1. The molecule has 0 bridgehead atoms. The van der Waals surface area contributed by atoms with E-state index in [1.807, 2.05) is 36.4 Å². The van der Waals surface area contributed by atoms with Gasteiger partial charge < -0.3 is 14.8 Å². The number of halogens is 5. The maximum absolute atomic E-state index is 11.8. The predicted octanol–water partition coefficient (Wildman–Crippen LogP) is 6.38. The fourth-order valence-electron chi connectivity index (χ4n) is 4.40. The van der Waals surface area contributed by atoms with Gasteiger partial charge in [-0.1, -0.05) is 35.3 Å². The minimum atomic E-state index is -5.08. The lowest BCUT2D eigenvalue weighted by Crippen LogP contribution is -2.35. The predicted molar refractivity (Wildman–Crippen MR) is 147 cm³/mol. The number of aromatic nitrogens is 5. The molecule has 4 aromatic rings. The second-order valence-electron chi connectivity index (χ2n) is 9.16. The zero-order valence-electron chi connectivity index (χ0n) is 21.0. The third-order valence-electron chi connectivity index (χ3n) is 6.32. The number of carbonyl (C=O) groups is 1. The highest BCUT2D eigenvalue weighted by Gasteiger charge is 2.42. The molecule has 0 unspecified atom stereocenters. The highest BCUT2D eigenvalue weighted by atomic mass is 35.5. The van der Waals surface area contributed by atoms with Crippen LogP contribution in [0.25, 0.3) is 0 Å². The topological polar surface area (TPSA) is 150 Å². The third kappa shape index (κ3) is 8.05. The van der Waals surface area contributed by atoms with Crippen molar-refractivity contribution in [2.75, 3.05) is 5.32 Å². The molecule has 5 rings (SSSR count). The normalized spacial score (nSPS) is 18.8. The number of rotatable bonds is 7. The fraction of sp³-hybridized carbons (Fsp3) is 0.320. The lowest BCUT2D eigenvalue weighted by atomic mass is 9.70. The van der Waals surface area contributed by atoms with Crippen LogP contribution in [0.1, 0.15) is 37.3 Å². The number of hydrogen-bond acceptors (Lipinski definition) is 8. The number of carboxylic acids is 1. The van der Waals surface area contributed by atoms with Crippen LogP contribution in [0.2, 0.25) is 10.0 Å². The Kier molecular flexibility index (Phi) is 9.66. The maximum Gasteiger partial charge on any atom is 0.490 e. The first-order valence-corrected chi connectivity index (χ1v) is 13.8. The number of aromatic amines is 2. The molecular formula is C25H23Cl2F3N6O4S. The number of nitrogens with one attached hydrogen (secondary N) is 3. The van der Waals surface area contributed by atoms with E-state index in [4.69, 9.17) is 42.5 Å². The number of thioether (sulfide) groups is 1. The fourth-order valence-corrected chi connectivity index (χ4v) is 6.09. The van der Waals surface area contributed by atoms with Crippen LogP contribution < -0.4 is 11.1 Å². The minimum Gasteiger partial charge on any atom is -0.475 e. The first kappa shape index (κ1) is 30.5. The molecule has 4 N–H and O–H groups in total. The minimum absolute atomic E-state index is 0.371. The van der Waals surface area contributed by atoms with Gasteiger partial charge in [-0.05, 0) is 49.9 Å². The number of benzene rings is 1. The quantitative estimate of drug-likeness (QED) is 0.182. The van der Waals surface area contributed by atoms with E-state index in [0.717, 1.165) is 42.1 Å².